The van der Waals surface area contributed by atoms with Gasteiger partial charge in [-0.1, -0.05) is 63.5 Å². The van der Waals surface area contributed by atoms with Crippen LogP contribution in [0.25, 0.3) is 32.7 Å². The summed E-state index contributed by atoms with van der Waals surface area (Å²) in [5, 5.41) is 4.35. The second kappa shape index (κ2) is 13.5. The Morgan fingerprint density at radius 3 is 1.11 bits per heavy atom. The lowest BCUT2D eigenvalue weighted by atomic mass is 9.85. The molecule has 2 fully saturated rings. The molecule has 4 aromatic carbocycles. The minimum Gasteiger partial charge on any atom is -0.495 e. The molecule has 6 heteroatoms. The van der Waals surface area contributed by atoms with Gasteiger partial charge in [0.25, 0.3) is 0 Å². The van der Waals surface area contributed by atoms with Gasteiger partial charge in [0.15, 0.2) is 23.0 Å². The van der Waals surface area contributed by atoms with E-state index in [2.05, 4.69) is 38.1 Å². The number of rotatable bonds is 11. The summed E-state index contributed by atoms with van der Waals surface area (Å²) in [6.45, 7) is 4.35. The molecular weight excluding hydrogens is 576 g/mol. The number of fused-ring (bicyclic) bond motifs is 2. The van der Waals surface area contributed by atoms with Gasteiger partial charge in [-0.3, -0.25) is 0 Å². The lowest BCUT2D eigenvalue weighted by Crippen LogP contribution is -2.06. The molecule has 246 valence electrons. The fourth-order valence-electron chi connectivity index (χ4n) is 8.53. The van der Waals surface area contributed by atoms with Crippen molar-refractivity contribution in [1.29, 1.82) is 0 Å². The highest BCUT2D eigenvalue weighted by Crippen LogP contribution is 2.53. The second-order valence-electron chi connectivity index (χ2n) is 13.3. The van der Waals surface area contributed by atoms with Gasteiger partial charge >= 0.3 is 0 Å². The molecule has 4 aromatic rings. The average molecular weight is 627 g/mol. The summed E-state index contributed by atoms with van der Waals surface area (Å²) in [4.78, 5) is 0. The first-order valence-electron chi connectivity index (χ1n) is 16.9. The topological polar surface area (TPSA) is 55.4 Å². The molecule has 0 N–H and O–H groups in total. The van der Waals surface area contributed by atoms with Gasteiger partial charge in [-0.05, 0) is 72.6 Å². The van der Waals surface area contributed by atoms with Crippen molar-refractivity contribution in [1.82, 2.24) is 0 Å². The summed E-state index contributed by atoms with van der Waals surface area (Å²) in [7, 11) is 10.4. The molecule has 0 amide bonds. The Labute approximate surface area is 274 Å². The Kier molecular flexibility index (Phi) is 9.44. The van der Waals surface area contributed by atoms with Gasteiger partial charge in [-0.25, -0.2) is 0 Å². The maximum absolute atomic E-state index is 6.36. The molecule has 2 aliphatic carbocycles. The third kappa shape index (κ3) is 5.48. The first-order chi connectivity index (χ1) is 22.4. The molecule has 2 aliphatic rings. The van der Waals surface area contributed by atoms with E-state index in [1.165, 1.54) is 62.5 Å². The fraction of sp³-hybridized carbons (Fsp3) is 0.500. The molecule has 0 heterocycles. The van der Waals surface area contributed by atoms with E-state index in [1.807, 2.05) is 0 Å². The Hall–Kier alpha value is -3.80. The van der Waals surface area contributed by atoms with E-state index in [4.69, 9.17) is 28.4 Å². The Morgan fingerprint density at radius 2 is 0.804 bits per heavy atom. The summed E-state index contributed by atoms with van der Waals surface area (Å²) >= 11 is 0. The molecule has 46 heavy (non-hydrogen) atoms. The average Bonchev–Trinajstić information content (AvgIpc) is 3.78. The number of hydrogen-bond donors (Lipinski definition) is 0. The highest BCUT2D eigenvalue weighted by Gasteiger charge is 2.29. The molecule has 0 unspecified atom stereocenters. The highest BCUT2D eigenvalue weighted by molar-refractivity contribution is 6.06. The van der Waals surface area contributed by atoms with Gasteiger partial charge in [0.05, 0.1) is 42.7 Å². The molecule has 0 saturated heterocycles. The van der Waals surface area contributed by atoms with Crippen LogP contribution in [-0.2, 0) is 12.8 Å². The van der Waals surface area contributed by atoms with Crippen molar-refractivity contribution in [2.24, 2.45) is 11.8 Å². The predicted octanol–water partition coefficient (Wildman–Crippen LogP) is 9.79. The lowest BCUT2D eigenvalue weighted by molar-refractivity contribution is 0.350. The Morgan fingerprint density at radius 1 is 0.457 bits per heavy atom. The fourth-order valence-corrected chi connectivity index (χ4v) is 8.53. The zero-order valence-electron chi connectivity index (χ0n) is 29.0. The van der Waals surface area contributed by atoms with E-state index in [-0.39, 0.29) is 0 Å². The van der Waals surface area contributed by atoms with Crippen LogP contribution in [0, 0.1) is 25.7 Å². The van der Waals surface area contributed by atoms with Crippen molar-refractivity contribution >= 4 is 21.5 Å². The maximum atomic E-state index is 6.36. The molecular formula is C40H50O6. The summed E-state index contributed by atoms with van der Waals surface area (Å²) in [5.41, 5.74) is 6.70. The molecule has 6 nitrogen and oxygen atoms in total. The van der Waals surface area contributed by atoms with Gasteiger partial charge in [0.1, 0.15) is 11.5 Å². The van der Waals surface area contributed by atoms with Crippen molar-refractivity contribution in [3.63, 3.8) is 0 Å². The zero-order valence-corrected chi connectivity index (χ0v) is 29.0. The van der Waals surface area contributed by atoms with Crippen LogP contribution in [0.1, 0.15) is 73.6 Å². The van der Waals surface area contributed by atoms with Crippen LogP contribution in [0.2, 0.25) is 0 Å². The highest BCUT2D eigenvalue weighted by atomic mass is 16.5. The van der Waals surface area contributed by atoms with Crippen LogP contribution in [0.5, 0.6) is 34.5 Å². The van der Waals surface area contributed by atoms with Crippen LogP contribution >= 0.6 is 0 Å². The third-order valence-electron chi connectivity index (χ3n) is 10.7. The van der Waals surface area contributed by atoms with Crippen molar-refractivity contribution in [3.05, 3.63) is 46.5 Å². The van der Waals surface area contributed by atoms with Crippen LogP contribution in [0.4, 0.5) is 0 Å². The molecule has 0 radical (unpaired) electrons. The number of methoxy groups -OCH3 is 6. The predicted molar refractivity (Wildman–Crippen MR) is 187 cm³/mol. The van der Waals surface area contributed by atoms with E-state index >= 15 is 0 Å². The standard InChI is InChI=1S/C40H50O6/c1-23-17-27-29(19-25-13-9-10-14-25)37(43-5)33(41-3)21-31(27)39(45-7)35(23)36-24(2)18-28-30(20-26-15-11-12-16-26)38(44-6)34(42-4)22-32(28)40(36)46-8/h17-18,21-22,25-26H,9-16,19-20H2,1-8H3. The number of benzene rings is 4. The van der Waals surface area contributed by atoms with Crippen LogP contribution in [0.3, 0.4) is 0 Å². The Bertz CT molecular complexity index is 1610. The van der Waals surface area contributed by atoms with Gasteiger partial charge in [-0.15, -0.1) is 0 Å². The molecule has 0 atom stereocenters. The van der Waals surface area contributed by atoms with E-state index < -0.39 is 0 Å². The first kappa shape index (κ1) is 32.2. The number of hydrogen-bond acceptors (Lipinski definition) is 6. The van der Waals surface area contributed by atoms with Crippen molar-refractivity contribution in [2.75, 3.05) is 42.7 Å². The molecule has 0 bridgehead atoms. The van der Waals surface area contributed by atoms with Gasteiger partial charge < -0.3 is 28.4 Å². The molecule has 0 spiro atoms. The largest absolute Gasteiger partial charge is 0.495 e. The van der Waals surface area contributed by atoms with Crippen molar-refractivity contribution in [3.8, 4) is 45.6 Å². The maximum Gasteiger partial charge on any atom is 0.164 e. The summed E-state index contributed by atoms with van der Waals surface area (Å²) in [6.07, 6.45) is 12.1. The van der Waals surface area contributed by atoms with E-state index in [0.29, 0.717) is 11.8 Å². The molecule has 2 saturated carbocycles. The van der Waals surface area contributed by atoms with Crippen LogP contribution < -0.4 is 28.4 Å². The lowest BCUT2D eigenvalue weighted by Gasteiger charge is -2.25. The Balaban J connectivity index is 1.64. The summed E-state index contributed by atoms with van der Waals surface area (Å²) in [5.74, 6) is 6.02. The smallest absolute Gasteiger partial charge is 0.164 e. The third-order valence-corrected chi connectivity index (χ3v) is 10.7. The van der Waals surface area contributed by atoms with E-state index in [9.17, 15) is 0 Å². The first-order valence-corrected chi connectivity index (χ1v) is 16.9. The normalized spacial score (nSPS) is 15.6. The van der Waals surface area contributed by atoms with Gasteiger partial charge in [-0.2, -0.15) is 0 Å². The molecule has 0 aromatic heterocycles. The minimum absolute atomic E-state index is 0.642. The van der Waals surface area contributed by atoms with Crippen molar-refractivity contribution in [2.45, 2.75) is 78.1 Å². The monoisotopic (exact) mass is 626 g/mol. The van der Waals surface area contributed by atoms with Gasteiger partial charge in [0.2, 0.25) is 0 Å². The number of ether oxygens (including phenoxy) is 6. The molecule has 0 aliphatic heterocycles. The van der Waals surface area contributed by atoms with Crippen LogP contribution in [0.15, 0.2) is 24.3 Å². The van der Waals surface area contributed by atoms with Gasteiger partial charge in [0, 0.05) is 33.0 Å². The molecule has 6 rings (SSSR count). The van der Waals surface area contributed by atoms with Crippen LogP contribution in [-0.4, -0.2) is 42.7 Å². The van der Waals surface area contributed by atoms with E-state index in [1.54, 1.807) is 42.7 Å². The summed E-state index contributed by atoms with van der Waals surface area (Å²) < 4.78 is 36.6. The van der Waals surface area contributed by atoms with E-state index in [0.717, 1.165) is 91.1 Å². The second-order valence-corrected chi connectivity index (χ2v) is 13.3. The minimum atomic E-state index is 0.642. The number of aryl methyl sites for hydroxylation is 2. The quantitative estimate of drug-likeness (QED) is 0.165. The van der Waals surface area contributed by atoms with Crippen molar-refractivity contribution < 1.29 is 28.4 Å². The SMILES string of the molecule is COc1cc2c(OC)c(-c3c(C)cc4c(CC5CCCC5)c(OC)c(OC)cc4c3OC)c(C)cc2c(CC2CCCC2)c1OC. The zero-order chi connectivity index (χ0) is 32.5. The summed E-state index contributed by atoms with van der Waals surface area (Å²) in [6, 6.07) is 8.76.